The second kappa shape index (κ2) is 7.99. The maximum atomic E-state index is 12.1. The lowest BCUT2D eigenvalue weighted by atomic mass is 10.3. The Morgan fingerprint density at radius 3 is 2.76 bits per heavy atom. The highest BCUT2D eigenvalue weighted by molar-refractivity contribution is 6.33. The number of hydrogen-bond donors (Lipinski definition) is 2. The van der Waals surface area contributed by atoms with Crippen molar-refractivity contribution in [1.82, 2.24) is 20.0 Å². The van der Waals surface area contributed by atoms with Crippen LogP contribution < -0.4 is 16.2 Å². The first-order valence-corrected chi connectivity index (χ1v) is 7.19. The van der Waals surface area contributed by atoms with Gasteiger partial charge >= 0.3 is 0 Å². The molecule has 0 aliphatic carbocycles. The standard InChI is InChI=1S/C13H22ClN5O2/c1-5-15-12(20)9(2)17-10-8-16-19(7-6-18(3)4)13(21)11(10)14/h8-9,17H,5-7H2,1-4H3,(H,15,20). The fourth-order valence-corrected chi connectivity index (χ4v) is 1.85. The Bertz CT molecular complexity index is 544. The summed E-state index contributed by atoms with van der Waals surface area (Å²) in [6, 6.07) is -0.499. The number of nitrogens with zero attached hydrogens (tertiary/aromatic N) is 3. The van der Waals surface area contributed by atoms with E-state index in [1.807, 2.05) is 25.9 Å². The number of carbonyl (C=O) groups excluding carboxylic acids is 1. The average Bonchev–Trinajstić information content (AvgIpc) is 2.43. The Kier molecular flexibility index (Phi) is 6.64. The number of aromatic nitrogens is 2. The molecule has 118 valence electrons. The maximum absolute atomic E-state index is 12.1. The van der Waals surface area contributed by atoms with Gasteiger partial charge in [-0.25, -0.2) is 4.68 Å². The molecule has 1 aromatic rings. The molecule has 0 aliphatic rings. The average molecular weight is 316 g/mol. The molecule has 2 N–H and O–H groups in total. The van der Waals surface area contributed by atoms with Crippen molar-refractivity contribution in [2.75, 3.05) is 32.5 Å². The van der Waals surface area contributed by atoms with E-state index in [4.69, 9.17) is 11.6 Å². The molecule has 0 fully saturated rings. The molecule has 1 amide bonds. The minimum Gasteiger partial charge on any atom is -0.371 e. The summed E-state index contributed by atoms with van der Waals surface area (Å²) in [5.41, 5.74) is -0.00635. The molecule has 0 aromatic carbocycles. The number of rotatable bonds is 7. The quantitative estimate of drug-likeness (QED) is 0.761. The van der Waals surface area contributed by atoms with Gasteiger partial charge in [0.1, 0.15) is 11.1 Å². The van der Waals surface area contributed by atoms with Gasteiger partial charge in [0, 0.05) is 13.1 Å². The molecule has 0 spiro atoms. The van der Waals surface area contributed by atoms with Crippen molar-refractivity contribution in [3.05, 3.63) is 21.6 Å². The zero-order valence-corrected chi connectivity index (χ0v) is 13.6. The smallest absolute Gasteiger partial charge is 0.287 e. The fraction of sp³-hybridized carbons (Fsp3) is 0.615. The van der Waals surface area contributed by atoms with Crippen LogP contribution in [0.25, 0.3) is 0 Å². The first-order chi connectivity index (χ1) is 9.86. The Morgan fingerprint density at radius 2 is 2.19 bits per heavy atom. The SMILES string of the molecule is CCNC(=O)C(C)Nc1cnn(CCN(C)C)c(=O)c1Cl. The summed E-state index contributed by atoms with van der Waals surface area (Å²) in [5, 5.41) is 9.70. The summed E-state index contributed by atoms with van der Waals surface area (Å²) in [6.45, 7) is 5.22. The van der Waals surface area contributed by atoms with E-state index in [1.54, 1.807) is 6.92 Å². The van der Waals surface area contributed by atoms with Crippen LogP contribution in [0, 0.1) is 0 Å². The largest absolute Gasteiger partial charge is 0.371 e. The molecular formula is C13H22ClN5O2. The summed E-state index contributed by atoms with van der Waals surface area (Å²) < 4.78 is 1.31. The van der Waals surface area contributed by atoms with Crippen molar-refractivity contribution in [1.29, 1.82) is 0 Å². The van der Waals surface area contributed by atoms with Crippen molar-refractivity contribution in [2.45, 2.75) is 26.4 Å². The van der Waals surface area contributed by atoms with Gasteiger partial charge in [-0.3, -0.25) is 9.59 Å². The van der Waals surface area contributed by atoms with Gasteiger partial charge in [-0.05, 0) is 27.9 Å². The number of carbonyl (C=O) groups is 1. The molecule has 7 nitrogen and oxygen atoms in total. The van der Waals surface area contributed by atoms with Gasteiger partial charge in [0.05, 0.1) is 18.4 Å². The number of likely N-dealkylation sites (N-methyl/N-ethyl adjacent to an activating group) is 2. The van der Waals surface area contributed by atoms with Gasteiger partial charge in [0.15, 0.2) is 0 Å². The molecule has 1 atom stereocenters. The molecule has 1 heterocycles. The third kappa shape index (κ3) is 5.02. The molecule has 1 aromatic heterocycles. The van der Waals surface area contributed by atoms with Crippen molar-refractivity contribution < 1.29 is 4.79 Å². The lowest BCUT2D eigenvalue weighted by Gasteiger charge is -2.16. The predicted octanol–water partition coefficient (Wildman–Crippen LogP) is 0.395. The van der Waals surface area contributed by atoms with Crippen molar-refractivity contribution in [3.8, 4) is 0 Å². The molecule has 8 heteroatoms. The van der Waals surface area contributed by atoms with Gasteiger partial charge < -0.3 is 15.5 Å². The van der Waals surface area contributed by atoms with Gasteiger partial charge in [-0.15, -0.1) is 0 Å². The van der Waals surface area contributed by atoms with E-state index in [0.29, 0.717) is 25.3 Å². The summed E-state index contributed by atoms with van der Waals surface area (Å²) in [6.07, 6.45) is 1.47. The van der Waals surface area contributed by atoms with Crippen LogP contribution >= 0.6 is 11.6 Å². The minimum atomic E-state index is -0.499. The highest BCUT2D eigenvalue weighted by atomic mass is 35.5. The van der Waals surface area contributed by atoms with Gasteiger partial charge in [0.25, 0.3) is 5.56 Å². The predicted molar refractivity (Wildman–Crippen MR) is 83.8 cm³/mol. The molecule has 0 aliphatic heterocycles. The molecule has 1 rings (SSSR count). The first-order valence-electron chi connectivity index (χ1n) is 6.81. The fourth-order valence-electron chi connectivity index (χ4n) is 1.65. The van der Waals surface area contributed by atoms with Crippen LogP contribution in [0.4, 0.5) is 5.69 Å². The number of halogens is 1. The third-order valence-electron chi connectivity index (χ3n) is 2.86. The maximum Gasteiger partial charge on any atom is 0.287 e. The van der Waals surface area contributed by atoms with E-state index in [0.717, 1.165) is 0 Å². The summed E-state index contributed by atoms with van der Waals surface area (Å²) in [7, 11) is 3.83. The number of amides is 1. The lowest BCUT2D eigenvalue weighted by molar-refractivity contribution is -0.121. The molecule has 1 unspecified atom stereocenters. The second-order valence-electron chi connectivity index (χ2n) is 4.96. The van der Waals surface area contributed by atoms with Crippen LogP contribution in [-0.4, -0.2) is 53.8 Å². The van der Waals surface area contributed by atoms with E-state index >= 15 is 0 Å². The zero-order valence-electron chi connectivity index (χ0n) is 12.8. The zero-order chi connectivity index (χ0) is 16.0. The van der Waals surface area contributed by atoms with Crippen molar-refractivity contribution in [3.63, 3.8) is 0 Å². The van der Waals surface area contributed by atoms with Crippen LogP contribution in [0.1, 0.15) is 13.8 Å². The number of nitrogens with one attached hydrogen (secondary N) is 2. The van der Waals surface area contributed by atoms with Crippen molar-refractivity contribution >= 4 is 23.2 Å². The highest BCUT2D eigenvalue weighted by Crippen LogP contribution is 2.16. The topological polar surface area (TPSA) is 79.3 Å². The first kappa shape index (κ1) is 17.5. The highest BCUT2D eigenvalue weighted by Gasteiger charge is 2.15. The van der Waals surface area contributed by atoms with E-state index in [-0.39, 0.29) is 16.5 Å². The van der Waals surface area contributed by atoms with Gasteiger partial charge in [-0.2, -0.15) is 5.10 Å². The molecule has 0 radical (unpaired) electrons. The van der Waals surface area contributed by atoms with Crippen LogP contribution in [0.3, 0.4) is 0 Å². The normalized spacial score (nSPS) is 12.3. The Labute approximate surface area is 129 Å². The molecular weight excluding hydrogens is 294 g/mol. The second-order valence-corrected chi connectivity index (χ2v) is 5.34. The minimum absolute atomic E-state index is 0.0416. The Morgan fingerprint density at radius 1 is 1.52 bits per heavy atom. The molecule has 0 saturated heterocycles. The molecule has 0 bridgehead atoms. The third-order valence-corrected chi connectivity index (χ3v) is 3.23. The van der Waals surface area contributed by atoms with E-state index < -0.39 is 6.04 Å². The number of hydrogen-bond acceptors (Lipinski definition) is 5. The summed E-state index contributed by atoms with van der Waals surface area (Å²) in [5.74, 6) is -0.162. The van der Waals surface area contributed by atoms with E-state index in [9.17, 15) is 9.59 Å². The summed E-state index contributed by atoms with van der Waals surface area (Å²) in [4.78, 5) is 25.7. The number of anilines is 1. The van der Waals surface area contributed by atoms with Crippen molar-refractivity contribution in [2.24, 2.45) is 0 Å². The van der Waals surface area contributed by atoms with Gasteiger partial charge in [-0.1, -0.05) is 11.6 Å². The molecule has 21 heavy (non-hydrogen) atoms. The Balaban J connectivity index is 2.84. The lowest BCUT2D eigenvalue weighted by Crippen LogP contribution is -2.38. The Hall–Kier alpha value is -1.60. The van der Waals surface area contributed by atoms with Crippen LogP contribution in [0.2, 0.25) is 5.02 Å². The van der Waals surface area contributed by atoms with E-state index in [1.165, 1.54) is 10.9 Å². The molecule has 0 saturated carbocycles. The summed E-state index contributed by atoms with van der Waals surface area (Å²) >= 11 is 6.06. The van der Waals surface area contributed by atoms with Crippen LogP contribution in [-0.2, 0) is 11.3 Å². The van der Waals surface area contributed by atoms with Crippen LogP contribution in [0.5, 0.6) is 0 Å². The van der Waals surface area contributed by atoms with E-state index in [2.05, 4.69) is 15.7 Å². The monoisotopic (exact) mass is 315 g/mol. The van der Waals surface area contributed by atoms with Gasteiger partial charge in [0.2, 0.25) is 5.91 Å². The van der Waals surface area contributed by atoms with Crippen LogP contribution in [0.15, 0.2) is 11.0 Å².